The molecule has 5 heteroatoms. The molecule has 0 radical (unpaired) electrons. The fraction of sp³-hybridized carbons (Fsp3) is 0.316. The van der Waals surface area contributed by atoms with Crippen molar-refractivity contribution in [3.8, 4) is 11.5 Å². The van der Waals surface area contributed by atoms with Gasteiger partial charge in [-0.15, -0.1) is 0 Å². The van der Waals surface area contributed by atoms with Crippen LogP contribution in [0, 0.1) is 0 Å². The van der Waals surface area contributed by atoms with Crippen molar-refractivity contribution in [1.29, 1.82) is 0 Å². The Morgan fingerprint density at radius 2 is 1.12 bits per heavy atom. The van der Waals surface area contributed by atoms with Gasteiger partial charge in [0.1, 0.15) is 11.5 Å². The first-order valence-corrected chi connectivity index (χ1v) is 7.70. The third-order valence-electron chi connectivity index (χ3n) is 3.81. The van der Waals surface area contributed by atoms with E-state index in [0.29, 0.717) is 11.5 Å². The Labute approximate surface area is 142 Å². The number of hydrogen-bond donors (Lipinski definition) is 0. The van der Waals surface area contributed by atoms with Crippen molar-refractivity contribution in [1.82, 2.24) is 0 Å². The van der Waals surface area contributed by atoms with Crippen molar-refractivity contribution >= 4 is 6.16 Å². The number of ether oxygens (including phenoxy) is 4. The Bertz CT molecular complexity index is 625. The summed E-state index contributed by atoms with van der Waals surface area (Å²) in [6, 6.07) is 14.4. The highest BCUT2D eigenvalue weighted by molar-refractivity contribution is 5.68. The van der Waals surface area contributed by atoms with E-state index in [1.54, 1.807) is 38.5 Å². The van der Waals surface area contributed by atoms with Gasteiger partial charge in [0.25, 0.3) is 0 Å². The lowest BCUT2D eigenvalue weighted by atomic mass is 10.1. The van der Waals surface area contributed by atoms with Crippen LogP contribution >= 0.6 is 0 Å². The van der Waals surface area contributed by atoms with Crippen LogP contribution in [0.3, 0.4) is 0 Å². The Balaban J connectivity index is 2.16. The van der Waals surface area contributed by atoms with Gasteiger partial charge in [0.2, 0.25) is 0 Å². The van der Waals surface area contributed by atoms with Crippen LogP contribution in [0.2, 0.25) is 0 Å². The van der Waals surface area contributed by atoms with E-state index in [1.165, 1.54) is 0 Å². The average Bonchev–Trinajstić information content (AvgIpc) is 2.61. The van der Waals surface area contributed by atoms with Crippen molar-refractivity contribution in [3.05, 3.63) is 59.7 Å². The number of hydrogen-bond acceptors (Lipinski definition) is 5. The summed E-state index contributed by atoms with van der Waals surface area (Å²) in [5, 5.41) is 0. The lowest BCUT2D eigenvalue weighted by Crippen LogP contribution is -2.16. The van der Waals surface area contributed by atoms with Gasteiger partial charge in [-0.2, -0.15) is 0 Å². The number of carbonyl (C=O) groups excluding carboxylic acids is 1. The Hall–Kier alpha value is -2.37. The maximum absolute atomic E-state index is 12.2. The van der Waals surface area contributed by atoms with Crippen molar-refractivity contribution in [2.45, 2.75) is 26.1 Å². The summed E-state index contributed by atoms with van der Waals surface area (Å²) in [5.74, 6) is 0.822. The zero-order valence-electron chi connectivity index (χ0n) is 14.3. The minimum Gasteiger partial charge on any atom is -0.394 e. The van der Waals surface area contributed by atoms with E-state index in [0.717, 1.165) is 11.1 Å². The van der Waals surface area contributed by atoms with Crippen LogP contribution < -0.4 is 9.47 Å². The van der Waals surface area contributed by atoms with Gasteiger partial charge in [0.15, 0.2) is 0 Å². The first kappa shape index (κ1) is 18.0. The second-order valence-corrected chi connectivity index (χ2v) is 5.29. The van der Waals surface area contributed by atoms with Gasteiger partial charge in [0.05, 0.1) is 12.2 Å². The third-order valence-corrected chi connectivity index (χ3v) is 3.81. The van der Waals surface area contributed by atoms with Gasteiger partial charge in [-0.25, -0.2) is 4.79 Å². The zero-order chi connectivity index (χ0) is 17.5. The summed E-state index contributed by atoms with van der Waals surface area (Å²) in [4.78, 5) is 12.2. The molecule has 2 unspecified atom stereocenters. The molecule has 0 saturated carbocycles. The molecule has 2 rings (SSSR count). The molecular formula is C19H22O5. The predicted octanol–water partition coefficient (Wildman–Crippen LogP) is 4.68. The molecule has 24 heavy (non-hydrogen) atoms. The summed E-state index contributed by atoms with van der Waals surface area (Å²) in [6.07, 6.45) is -1.20. The minimum absolute atomic E-state index is 0.199. The largest absolute Gasteiger partial charge is 0.519 e. The first-order valence-electron chi connectivity index (χ1n) is 7.70. The van der Waals surface area contributed by atoms with Crippen LogP contribution in [-0.4, -0.2) is 20.4 Å². The number of benzene rings is 2. The van der Waals surface area contributed by atoms with Gasteiger partial charge >= 0.3 is 6.16 Å². The average molecular weight is 330 g/mol. The lowest BCUT2D eigenvalue weighted by Gasteiger charge is -2.16. The number of methoxy groups -OCH3 is 2. The van der Waals surface area contributed by atoms with Crippen LogP contribution in [0.15, 0.2) is 48.5 Å². The molecule has 0 N–H and O–H groups in total. The SMILES string of the molecule is COC(C)c1ccccc1OC(=O)Oc1ccccc1C(C)OC. The Morgan fingerprint density at radius 1 is 0.750 bits per heavy atom. The second-order valence-electron chi connectivity index (χ2n) is 5.29. The molecule has 0 aliphatic rings. The lowest BCUT2D eigenvalue weighted by molar-refractivity contribution is 0.110. The Kier molecular flexibility index (Phi) is 6.35. The topological polar surface area (TPSA) is 54.0 Å². The van der Waals surface area contributed by atoms with Crippen LogP contribution in [0.4, 0.5) is 4.79 Å². The van der Waals surface area contributed by atoms with Crippen LogP contribution in [0.5, 0.6) is 11.5 Å². The fourth-order valence-electron chi connectivity index (χ4n) is 2.27. The molecule has 0 aromatic heterocycles. The van der Waals surface area contributed by atoms with Gasteiger partial charge in [0, 0.05) is 25.3 Å². The van der Waals surface area contributed by atoms with E-state index < -0.39 is 6.16 Å². The van der Waals surface area contributed by atoms with Gasteiger partial charge in [-0.1, -0.05) is 36.4 Å². The van der Waals surface area contributed by atoms with Crippen molar-refractivity contribution < 1.29 is 23.7 Å². The van der Waals surface area contributed by atoms with Crippen molar-refractivity contribution in [3.63, 3.8) is 0 Å². The molecule has 0 saturated heterocycles. The summed E-state index contributed by atoms with van der Waals surface area (Å²) in [6.45, 7) is 3.76. The molecule has 128 valence electrons. The predicted molar refractivity (Wildman–Crippen MR) is 90.4 cm³/mol. The molecular weight excluding hydrogens is 308 g/mol. The highest BCUT2D eigenvalue weighted by Crippen LogP contribution is 2.29. The zero-order valence-corrected chi connectivity index (χ0v) is 14.3. The highest BCUT2D eigenvalue weighted by atomic mass is 16.7. The van der Waals surface area contributed by atoms with Crippen LogP contribution in [0.1, 0.15) is 37.2 Å². The summed E-state index contributed by atoms with van der Waals surface area (Å²) in [7, 11) is 3.20. The summed E-state index contributed by atoms with van der Waals surface area (Å²) >= 11 is 0. The number of carbonyl (C=O) groups is 1. The minimum atomic E-state index is -0.804. The van der Waals surface area contributed by atoms with Crippen molar-refractivity contribution in [2.24, 2.45) is 0 Å². The van der Waals surface area contributed by atoms with E-state index >= 15 is 0 Å². The van der Waals surface area contributed by atoms with Gasteiger partial charge in [-0.05, 0) is 26.0 Å². The van der Waals surface area contributed by atoms with E-state index in [4.69, 9.17) is 18.9 Å². The second kappa shape index (κ2) is 8.47. The smallest absolute Gasteiger partial charge is 0.394 e. The maximum Gasteiger partial charge on any atom is 0.519 e. The van der Waals surface area contributed by atoms with Crippen molar-refractivity contribution in [2.75, 3.05) is 14.2 Å². The normalized spacial score (nSPS) is 13.2. The van der Waals surface area contributed by atoms with Gasteiger partial charge in [-0.3, -0.25) is 0 Å². The Morgan fingerprint density at radius 3 is 1.50 bits per heavy atom. The van der Waals surface area contributed by atoms with E-state index in [9.17, 15) is 4.79 Å². The maximum atomic E-state index is 12.2. The quantitative estimate of drug-likeness (QED) is 0.568. The van der Waals surface area contributed by atoms with Gasteiger partial charge < -0.3 is 18.9 Å². The third kappa shape index (κ3) is 4.34. The van der Waals surface area contributed by atoms with Crippen LogP contribution in [0.25, 0.3) is 0 Å². The standard InChI is InChI=1S/C19H22O5/c1-13(21-3)15-9-5-7-11-17(15)23-19(20)24-18-12-8-6-10-16(18)14(2)22-4/h5-14H,1-4H3. The molecule has 2 atom stereocenters. The first-order chi connectivity index (χ1) is 11.6. The number of para-hydroxylation sites is 2. The molecule has 0 heterocycles. The van der Waals surface area contributed by atoms with E-state index in [2.05, 4.69) is 0 Å². The molecule has 0 spiro atoms. The van der Waals surface area contributed by atoms with E-state index in [-0.39, 0.29) is 12.2 Å². The monoisotopic (exact) mass is 330 g/mol. The molecule has 0 bridgehead atoms. The summed E-state index contributed by atoms with van der Waals surface area (Å²) < 4.78 is 21.3. The summed E-state index contributed by atoms with van der Waals surface area (Å²) in [5.41, 5.74) is 1.55. The molecule has 0 fully saturated rings. The molecule has 0 aliphatic carbocycles. The van der Waals surface area contributed by atoms with E-state index in [1.807, 2.05) is 38.1 Å². The fourth-order valence-corrected chi connectivity index (χ4v) is 2.27. The molecule has 5 nitrogen and oxygen atoms in total. The molecule has 2 aromatic carbocycles. The number of rotatable bonds is 6. The molecule has 2 aromatic rings. The highest BCUT2D eigenvalue weighted by Gasteiger charge is 2.18. The molecule has 0 aliphatic heterocycles. The van der Waals surface area contributed by atoms with Crippen LogP contribution in [-0.2, 0) is 9.47 Å². The molecule has 0 amide bonds.